The van der Waals surface area contributed by atoms with Crippen molar-refractivity contribution in [3.8, 4) is 0 Å². The number of aryl methyl sites for hydroxylation is 1. The monoisotopic (exact) mass is 373 g/mol. The van der Waals surface area contributed by atoms with Crippen LogP contribution < -0.4 is 5.32 Å². The lowest BCUT2D eigenvalue weighted by molar-refractivity contribution is -0.116. The van der Waals surface area contributed by atoms with Gasteiger partial charge in [-0.25, -0.2) is 13.2 Å². The predicted octanol–water partition coefficient (Wildman–Crippen LogP) is 2.73. The molecule has 1 fully saturated rings. The van der Waals surface area contributed by atoms with E-state index >= 15 is 0 Å². The largest absolute Gasteiger partial charge is 0.465 e. The topological polar surface area (TPSA) is 89.5 Å². The van der Waals surface area contributed by atoms with Crippen LogP contribution in [0.15, 0.2) is 53.4 Å². The Labute approximate surface area is 152 Å². The molecule has 0 bridgehead atoms. The van der Waals surface area contributed by atoms with Crippen LogP contribution in [0.1, 0.15) is 28.8 Å². The Bertz CT molecular complexity index is 960. The molecule has 0 radical (unpaired) electrons. The normalized spacial score (nSPS) is 15.2. The van der Waals surface area contributed by atoms with Crippen LogP contribution in [0.2, 0.25) is 0 Å². The van der Waals surface area contributed by atoms with Crippen molar-refractivity contribution in [1.82, 2.24) is 0 Å². The van der Waals surface area contributed by atoms with E-state index in [9.17, 15) is 18.0 Å². The van der Waals surface area contributed by atoms with E-state index in [0.29, 0.717) is 0 Å². The SMILES string of the molecule is COC(=O)c1ccccc1NC(=O)C1(S(=O)(=O)c2ccc(C)cc2)CC1. The van der Waals surface area contributed by atoms with Crippen LogP contribution >= 0.6 is 0 Å². The molecule has 0 aliphatic heterocycles. The Balaban J connectivity index is 1.91. The van der Waals surface area contributed by atoms with Crippen molar-refractivity contribution in [3.63, 3.8) is 0 Å². The maximum Gasteiger partial charge on any atom is 0.339 e. The van der Waals surface area contributed by atoms with Crippen LogP contribution in [-0.4, -0.2) is 32.2 Å². The third-order valence-electron chi connectivity index (χ3n) is 4.54. The molecule has 1 saturated carbocycles. The fraction of sp³-hybridized carbons (Fsp3) is 0.263. The van der Waals surface area contributed by atoms with Gasteiger partial charge in [0.2, 0.25) is 5.91 Å². The molecule has 0 atom stereocenters. The van der Waals surface area contributed by atoms with Gasteiger partial charge < -0.3 is 10.1 Å². The van der Waals surface area contributed by atoms with Crippen molar-refractivity contribution in [3.05, 3.63) is 59.7 Å². The number of rotatable bonds is 5. The number of anilines is 1. The van der Waals surface area contributed by atoms with Gasteiger partial charge in [0.15, 0.2) is 14.6 Å². The molecule has 2 aromatic rings. The molecule has 3 rings (SSSR count). The molecular formula is C19H19NO5S. The highest BCUT2D eigenvalue weighted by atomic mass is 32.2. The maximum absolute atomic E-state index is 13.0. The minimum atomic E-state index is -3.83. The van der Waals surface area contributed by atoms with Crippen LogP contribution in [0.5, 0.6) is 0 Å². The first-order valence-electron chi connectivity index (χ1n) is 8.12. The standard InChI is InChI=1S/C19H19NO5S/c1-13-7-9-14(10-8-13)26(23,24)19(11-12-19)18(22)20-16-6-4-3-5-15(16)17(21)25-2/h3-10H,11-12H2,1-2H3,(H,20,22). The van der Waals surface area contributed by atoms with Gasteiger partial charge >= 0.3 is 5.97 Å². The molecular weight excluding hydrogens is 354 g/mol. The van der Waals surface area contributed by atoms with E-state index < -0.39 is 26.5 Å². The Morgan fingerprint density at radius 1 is 1.04 bits per heavy atom. The summed E-state index contributed by atoms with van der Waals surface area (Å²) in [5.41, 5.74) is 1.34. The summed E-state index contributed by atoms with van der Waals surface area (Å²) in [5.74, 6) is -1.23. The third-order valence-corrected chi connectivity index (χ3v) is 7.06. The van der Waals surface area contributed by atoms with Gasteiger partial charge in [-0.15, -0.1) is 0 Å². The second-order valence-corrected chi connectivity index (χ2v) is 8.56. The molecule has 1 aliphatic rings. The van der Waals surface area contributed by atoms with Crippen LogP contribution in [0, 0.1) is 6.92 Å². The lowest BCUT2D eigenvalue weighted by Gasteiger charge is -2.17. The summed E-state index contributed by atoms with van der Waals surface area (Å²) in [4.78, 5) is 24.8. The number of carbonyl (C=O) groups excluding carboxylic acids is 2. The molecule has 0 unspecified atom stereocenters. The fourth-order valence-electron chi connectivity index (χ4n) is 2.79. The molecule has 0 aromatic heterocycles. The molecule has 1 N–H and O–H groups in total. The highest BCUT2D eigenvalue weighted by molar-refractivity contribution is 7.94. The zero-order valence-electron chi connectivity index (χ0n) is 14.5. The molecule has 136 valence electrons. The van der Waals surface area contributed by atoms with E-state index in [-0.39, 0.29) is 29.0 Å². The number of hydrogen-bond donors (Lipinski definition) is 1. The Kier molecular flexibility index (Phi) is 4.58. The summed E-state index contributed by atoms with van der Waals surface area (Å²) in [5, 5.41) is 2.60. The summed E-state index contributed by atoms with van der Waals surface area (Å²) in [6.45, 7) is 1.86. The quantitative estimate of drug-likeness (QED) is 0.814. The molecule has 6 nitrogen and oxygen atoms in total. The van der Waals surface area contributed by atoms with Gasteiger partial charge in [-0.3, -0.25) is 4.79 Å². The molecule has 26 heavy (non-hydrogen) atoms. The highest BCUT2D eigenvalue weighted by Gasteiger charge is 2.61. The molecule has 0 heterocycles. The van der Waals surface area contributed by atoms with Gasteiger partial charge in [-0.05, 0) is 44.0 Å². The van der Waals surface area contributed by atoms with E-state index in [0.717, 1.165) is 5.56 Å². The number of benzene rings is 2. The number of carbonyl (C=O) groups is 2. The van der Waals surface area contributed by atoms with Crippen LogP contribution in [0.4, 0.5) is 5.69 Å². The van der Waals surface area contributed by atoms with Crippen LogP contribution in [0.25, 0.3) is 0 Å². The first-order chi connectivity index (χ1) is 12.3. The van der Waals surface area contributed by atoms with Crippen molar-refractivity contribution in [2.24, 2.45) is 0 Å². The molecule has 1 aliphatic carbocycles. The second-order valence-electron chi connectivity index (χ2n) is 6.30. The third kappa shape index (κ3) is 2.99. The van der Waals surface area contributed by atoms with Gasteiger partial charge in [-0.2, -0.15) is 0 Å². The number of esters is 1. The van der Waals surface area contributed by atoms with Crippen molar-refractivity contribution >= 4 is 27.4 Å². The van der Waals surface area contributed by atoms with E-state index in [2.05, 4.69) is 5.32 Å². The second kappa shape index (κ2) is 6.57. The lowest BCUT2D eigenvalue weighted by atomic mass is 10.1. The summed E-state index contributed by atoms with van der Waals surface area (Å²) < 4.78 is 29.2. The van der Waals surface area contributed by atoms with Gasteiger partial charge in [0.1, 0.15) is 0 Å². The molecule has 0 saturated heterocycles. The summed E-state index contributed by atoms with van der Waals surface area (Å²) in [6.07, 6.45) is 0.491. The summed E-state index contributed by atoms with van der Waals surface area (Å²) >= 11 is 0. The minimum absolute atomic E-state index is 0.122. The zero-order chi connectivity index (χ0) is 18.9. The van der Waals surface area contributed by atoms with Crippen molar-refractivity contribution in [2.45, 2.75) is 29.4 Å². The molecule has 0 spiro atoms. The lowest BCUT2D eigenvalue weighted by Crippen LogP contribution is -2.37. The number of para-hydroxylation sites is 1. The Morgan fingerprint density at radius 2 is 1.65 bits per heavy atom. The van der Waals surface area contributed by atoms with E-state index in [1.165, 1.54) is 25.3 Å². The average Bonchev–Trinajstić information content (AvgIpc) is 3.44. The van der Waals surface area contributed by atoms with E-state index in [1.54, 1.807) is 30.3 Å². The number of ether oxygens (including phenoxy) is 1. The predicted molar refractivity (Wildman–Crippen MR) is 96.7 cm³/mol. The van der Waals surface area contributed by atoms with Crippen LogP contribution in [0.3, 0.4) is 0 Å². The first kappa shape index (κ1) is 18.1. The van der Waals surface area contributed by atoms with E-state index in [1.807, 2.05) is 6.92 Å². The average molecular weight is 373 g/mol. The number of methoxy groups -OCH3 is 1. The fourth-order valence-corrected chi connectivity index (χ4v) is 4.67. The minimum Gasteiger partial charge on any atom is -0.465 e. The van der Waals surface area contributed by atoms with Crippen LogP contribution in [-0.2, 0) is 19.4 Å². The summed E-state index contributed by atoms with van der Waals surface area (Å²) in [7, 11) is -2.59. The molecule has 2 aromatic carbocycles. The number of sulfone groups is 1. The number of amides is 1. The number of nitrogens with one attached hydrogen (secondary N) is 1. The smallest absolute Gasteiger partial charge is 0.339 e. The first-order valence-corrected chi connectivity index (χ1v) is 9.60. The molecule has 7 heteroatoms. The maximum atomic E-state index is 13.0. The van der Waals surface area contributed by atoms with Crippen molar-refractivity contribution in [2.75, 3.05) is 12.4 Å². The van der Waals surface area contributed by atoms with Crippen molar-refractivity contribution in [1.29, 1.82) is 0 Å². The summed E-state index contributed by atoms with van der Waals surface area (Å²) in [6, 6.07) is 12.8. The van der Waals surface area contributed by atoms with Gasteiger partial charge in [0, 0.05) is 0 Å². The molecule has 1 amide bonds. The Hall–Kier alpha value is -2.67. The van der Waals surface area contributed by atoms with Gasteiger partial charge in [0.25, 0.3) is 0 Å². The van der Waals surface area contributed by atoms with Crippen molar-refractivity contribution < 1.29 is 22.7 Å². The number of hydrogen-bond acceptors (Lipinski definition) is 5. The van der Waals surface area contributed by atoms with E-state index in [4.69, 9.17) is 4.74 Å². The highest BCUT2D eigenvalue weighted by Crippen LogP contribution is 2.47. The Morgan fingerprint density at radius 3 is 2.23 bits per heavy atom. The van der Waals surface area contributed by atoms with Gasteiger partial charge in [-0.1, -0.05) is 29.8 Å². The zero-order valence-corrected chi connectivity index (χ0v) is 15.3. The van der Waals surface area contributed by atoms with Gasteiger partial charge in [0.05, 0.1) is 23.3 Å².